The molecule has 0 saturated carbocycles. The Morgan fingerprint density at radius 2 is 1.85 bits per heavy atom. The summed E-state index contributed by atoms with van der Waals surface area (Å²) < 4.78 is 0.950. The number of hydrogen-bond acceptors (Lipinski definition) is 2. The zero-order valence-corrected chi connectivity index (χ0v) is 8.92. The van der Waals surface area contributed by atoms with E-state index in [1.807, 2.05) is 0 Å². The number of nitrogens with two attached hydrogens (primary N) is 2. The van der Waals surface area contributed by atoms with Crippen molar-refractivity contribution < 1.29 is 9.28 Å². The Morgan fingerprint density at radius 1 is 1.31 bits per heavy atom. The highest BCUT2D eigenvalue weighted by molar-refractivity contribution is 5.79. The SMILES string of the molecule is C[N+](C)(C)CCCC[C@H](N)C(N)=O. The first-order valence-electron chi connectivity index (χ1n) is 4.68. The Hall–Kier alpha value is -0.610. The van der Waals surface area contributed by atoms with E-state index in [-0.39, 0.29) is 0 Å². The molecule has 0 aromatic heterocycles. The average molecular weight is 188 g/mol. The molecule has 0 aliphatic carbocycles. The van der Waals surface area contributed by atoms with Gasteiger partial charge in [0.1, 0.15) is 0 Å². The molecule has 78 valence electrons. The van der Waals surface area contributed by atoms with Crippen molar-refractivity contribution in [2.45, 2.75) is 25.3 Å². The molecule has 1 atom stereocenters. The van der Waals surface area contributed by atoms with Crippen LogP contribution in [-0.2, 0) is 4.79 Å². The number of carbonyl (C=O) groups excluding carboxylic acids is 1. The van der Waals surface area contributed by atoms with Crippen molar-refractivity contribution >= 4 is 5.91 Å². The van der Waals surface area contributed by atoms with Crippen LogP contribution in [0.3, 0.4) is 0 Å². The minimum atomic E-state index is -0.465. The Kier molecular flexibility index (Phi) is 4.95. The highest BCUT2D eigenvalue weighted by Gasteiger charge is 2.10. The minimum absolute atomic E-state index is 0.398. The van der Waals surface area contributed by atoms with Gasteiger partial charge in [-0.25, -0.2) is 0 Å². The third-order valence-electron chi connectivity index (χ3n) is 1.96. The third kappa shape index (κ3) is 7.74. The maximum Gasteiger partial charge on any atom is 0.234 e. The van der Waals surface area contributed by atoms with E-state index in [0.29, 0.717) is 6.42 Å². The van der Waals surface area contributed by atoms with Crippen molar-refractivity contribution in [3.8, 4) is 0 Å². The van der Waals surface area contributed by atoms with Crippen LogP contribution in [0.15, 0.2) is 0 Å². The lowest BCUT2D eigenvalue weighted by Crippen LogP contribution is -2.37. The van der Waals surface area contributed by atoms with Crippen LogP contribution in [0.4, 0.5) is 0 Å². The monoisotopic (exact) mass is 188 g/mol. The molecule has 0 heterocycles. The molecule has 0 saturated heterocycles. The maximum atomic E-state index is 10.6. The summed E-state index contributed by atoms with van der Waals surface area (Å²) in [4.78, 5) is 10.6. The van der Waals surface area contributed by atoms with Crippen LogP contribution in [0.5, 0.6) is 0 Å². The van der Waals surface area contributed by atoms with Gasteiger partial charge in [0.25, 0.3) is 0 Å². The van der Waals surface area contributed by atoms with E-state index >= 15 is 0 Å². The lowest BCUT2D eigenvalue weighted by molar-refractivity contribution is -0.870. The van der Waals surface area contributed by atoms with Gasteiger partial charge in [0, 0.05) is 0 Å². The minimum Gasteiger partial charge on any atom is -0.368 e. The number of rotatable bonds is 6. The first-order chi connectivity index (χ1) is 5.83. The van der Waals surface area contributed by atoms with Gasteiger partial charge in [-0.2, -0.15) is 0 Å². The fourth-order valence-corrected chi connectivity index (χ4v) is 1.09. The van der Waals surface area contributed by atoms with Crippen LogP contribution < -0.4 is 11.5 Å². The zero-order valence-electron chi connectivity index (χ0n) is 8.92. The van der Waals surface area contributed by atoms with Crippen LogP contribution in [0.2, 0.25) is 0 Å². The molecule has 0 aromatic rings. The maximum absolute atomic E-state index is 10.6. The van der Waals surface area contributed by atoms with Crippen LogP contribution in [-0.4, -0.2) is 44.1 Å². The molecule has 13 heavy (non-hydrogen) atoms. The number of carbonyl (C=O) groups is 1. The molecule has 0 aliphatic rings. The van der Waals surface area contributed by atoms with Gasteiger partial charge in [-0.1, -0.05) is 0 Å². The summed E-state index contributed by atoms with van der Waals surface area (Å²) in [6, 6.07) is -0.465. The smallest absolute Gasteiger partial charge is 0.234 e. The summed E-state index contributed by atoms with van der Waals surface area (Å²) in [6.45, 7) is 1.10. The van der Waals surface area contributed by atoms with Crippen molar-refractivity contribution in [2.75, 3.05) is 27.7 Å². The second-order valence-electron chi connectivity index (χ2n) is 4.52. The van der Waals surface area contributed by atoms with Gasteiger partial charge in [-0.05, 0) is 19.3 Å². The first-order valence-corrected chi connectivity index (χ1v) is 4.68. The lowest BCUT2D eigenvalue weighted by Gasteiger charge is -2.23. The first kappa shape index (κ1) is 12.4. The van der Waals surface area contributed by atoms with Gasteiger partial charge in [-0.3, -0.25) is 4.79 Å². The molecule has 4 N–H and O–H groups in total. The van der Waals surface area contributed by atoms with Crippen LogP contribution in [0, 0.1) is 0 Å². The topological polar surface area (TPSA) is 69.1 Å². The molecule has 0 aliphatic heterocycles. The number of hydrogen-bond donors (Lipinski definition) is 2. The quantitative estimate of drug-likeness (QED) is 0.443. The van der Waals surface area contributed by atoms with Crippen molar-refractivity contribution in [3.05, 3.63) is 0 Å². The van der Waals surface area contributed by atoms with Gasteiger partial charge in [0.2, 0.25) is 5.91 Å². The van der Waals surface area contributed by atoms with E-state index in [1.165, 1.54) is 0 Å². The van der Waals surface area contributed by atoms with Crippen LogP contribution in [0.25, 0.3) is 0 Å². The summed E-state index contributed by atoms with van der Waals surface area (Å²) >= 11 is 0. The normalized spacial score (nSPS) is 14.2. The number of quaternary nitrogens is 1. The van der Waals surface area contributed by atoms with Crippen molar-refractivity contribution in [1.82, 2.24) is 0 Å². The highest BCUT2D eigenvalue weighted by atomic mass is 16.1. The molecule has 4 nitrogen and oxygen atoms in total. The molecular weight excluding hydrogens is 166 g/mol. The number of nitrogens with zero attached hydrogens (tertiary/aromatic N) is 1. The predicted molar refractivity (Wildman–Crippen MR) is 53.9 cm³/mol. The fourth-order valence-electron chi connectivity index (χ4n) is 1.09. The van der Waals surface area contributed by atoms with E-state index < -0.39 is 11.9 Å². The molecule has 0 rings (SSSR count). The van der Waals surface area contributed by atoms with E-state index in [4.69, 9.17) is 11.5 Å². The van der Waals surface area contributed by atoms with Crippen LogP contribution >= 0.6 is 0 Å². The van der Waals surface area contributed by atoms with Crippen LogP contribution in [0.1, 0.15) is 19.3 Å². The molecule has 0 spiro atoms. The molecule has 4 heteroatoms. The van der Waals surface area contributed by atoms with E-state index in [2.05, 4.69) is 21.1 Å². The number of amides is 1. The largest absolute Gasteiger partial charge is 0.368 e. The summed E-state index contributed by atoms with van der Waals surface area (Å²) in [5, 5.41) is 0. The van der Waals surface area contributed by atoms with Gasteiger partial charge in [0.15, 0.2) is 0 Å². The summed E-state index contributed by atoms with van der Waals surface area (Å²) in [6.07, 6.45) is 2.76. The Morgan fingerprint density at radius 3 is 2.23 bits per heavy atom. The van der Waals surface area contributed by atoms with E-state index in [0.717, 1.165) is 23.9 Å². The molecule has 0 unspecified atom stereocenters. The Balaban J connectivity index is 3.41. The zero-order chi connectivity index (χ0) is 10.5. The molecule has 1 amide bonds. The van der Waals surface area contributed by atoms with E-state index in [9.17, 15) is 4.79 Å². The van der Waals surface area contributed by atoms with Crippen molar-refractivity contribution in [2.24, 2.45) is 11.5 Å². The number of primary amides is 1. The predicted octanol–water partition coefficient (Wildman–Crippen LogP) is -0.324. The molecule has 0 fully saturated rings. The van der Waals surface area contributed by atoms with Crippen molar-refractivity contribution in [1.29, 1.82) is 0 Å². The number of unbranched alkanes of at least 4 members (excludes halogenated alkanes) is 1. The third-order valence-corrected chi connectivity index (χ3v) is 1.96. The van der Waals surface area contributed by atoms with Gasteiger partial charge in [0.05, 0.1) is 33.7 Å². The lowest BCUT2D eigenvalue weighted by atomic mass is 10.1. The Bertz CT molecular complexity index is 163. The molecular formula is C9H22N3O+. The van der Waals surface area contributed by atoms with E-state index in [1.54, 1.807) is 0 Å². The molecule has 0 radical (unpaired) electrons. The second-order valence-corrected chi connectivity index (χ2v) is 4.52. The van der Waals surface area contributed by atoms with Gasteiger partial charge < -0.3 is 16.0 Å². The average Bonchev–Trinajstić information content (AvgIpc) is 1.95. The second kappa shape index (κ2) is 5.19. The Labute approximate surface area is 80.5 Å². The van der Waals surface area contributed by atoms with Crippen molar-refractivity contribution in [3.63, 3.8) is 0 Å². The summed E-state index contributed by atoms with van der Waals surface area (Å²) in [5.41, 5.74) is 10.5. The fraction of sp³-hybridized carbons (Fsp3) is 0.889. The molecule has 0 bridgehead atoms. The highest BCUT2D eigenvalue weighted by Crippen LogP contribution is 2.02. The van der Waals surface area contributed by atoms with Gasteiger partial charge >= 0.3 is 0 Å². The summed E-state index contributed by atoms with van der Waals surface area (Å²) in [7, 11) is 6.44. The summed E-state index contributed by atoms with van der Waals surface area (Å²) in [5.74, 6) is -0.398. The van der Waals surface area contributed by atoms with Gasteiger partial charge in [-0.15, -0.1) is 0 Å². The molecule has 0 aromatic carbocycles. The standard InChI is InChI=1S/C9H21N3O/c1-12(2,3)7-5-4-6-8(10)9(11)13/h8H,4-7,10H2,1-3H3,(H-,11,13)/p+1/t8-/m0/s1.